The van der Waals surface area contributed by atoms with Gasteiger partial charge in [0.15, 0.2) is 0 Å². The van der Waals surface area contributed by atoms with E-state index < -0.39 is 0 Å². The van der Waals surface area contributed by atoms with Crippen LogP contribution in [0.4, 0.5) is 10.5 Å². The van der Waals surface area contributed by atoms with E-state index in [0.29, 0.717) is 23.1 Å². The fourth-order valence-corrected chi connectivity index (χ4v) is 3.35. The van der Waals surface area contributed by atoms with E-state index in [1.54, 1.807) is 6.07 Å². The van der Waals surface area contributed by atoms with Crippen LogP contribution in [0.15, 0.2) is 18.5 Å². The van der Waals surface area contributed by atoms with Crippen LogP contribution in [-0.2, 0) is 13.0 Å². The first-order valence-corrected chi connectivity index (χ1v) is 7.99. The summed E-state index contributed by atoms with van der Waals surface area (Å²) in [5, 5.41) is 10.5. The lowest BCUT2D eigenvalue weighted by atomic mass is 10.1. The van der Waals surface area contributed by atoms with Gasteiger partial charge in [-0.25, -0.2) is 14.5 Å². The summed E-state index contributed by atoms with van der Waals surface area (Å²) < 4.78 is 7.42. The molecule has 3 heterocycles. The van der Waals surface area contributed by atoms with Gasteiger partial charge in [0.25, 0.3) is 0 Å². The van der Waals surface area contributed by atoms with E-state index in [2.05, 4.69) is 20.7 Å². The quantitative estimate of drug-likeness (QED) is 0.885. The van der Waals surface area contributed by atoms with Gasteiger partial charge in [0.1, 0.15) is 17.9 Å². The van der Waals surface area contributed by atoms with Crippen molar-refractivity contribution in [2.45, 2.75) is 31.8 Å². The molecule has 1 aromatic carbocycles. The first-order valence-electron chi connectivity index (χ1n) is 7.61. The third kappa shape index (κ3) is 2.72. The molecule has 2 N–H and O–H groups in total. The highest BCUT2D eigenvalue weighted by atomic mass is 35.5. The van der Waals surface area contributed by atoms with Gasteiger partial charge in [-0.1, -0.05) is 11.6 Å². The van der Waals surface area contributed by atoms with Crippen molar-refractivity contribution in [1.82, 2.24) is 20.1 Å². The molecule has 23 heavy (non-hydrogen) atoms. The van der Waals surface area contributed by atoms with E-state index >= 15 is 0 Å². The average Bonchev–Trinajstić information content (AvgIpc) is 3.15. The molecule has 2 aromatic rings. The maximum Gasteiger partial charge on any atom is 0.319 e. The van der Waals surface area contributed by atoms with Gasteiger partial charge in [-0.15, -0.1) is 0 Å². The number of halogens is 1. The molecule has 0 aliphatic carbocycles. The highest BCUT2D eigenvalue weighted by Gasteiger charge is 2.25. The number of aryl methyl sites for hydroxylation is 1. The molecule has 1 atom stereocenters. The van der Waals surface area contributed by atoms with E-state index in [-0.39, 0.29) is 12.1 Å². The molecular weight excluding hydrogens is 318 g/mol. The zero-order valence-electron chi connectivity index (χ0n) is 12.4. The number of fused-ring (bicyclic) bond motifs is 2. The van der Waals surface area contributed by atoms with E-state index in [1.807, 2.05) is 10.7 Å². The standard InChI is InChI=1S/C15H16ClN5O2/c16-10-6-9-3-5-23-13(9)12(7-10)20-15(22)19-11-2-1-4-21-14(11)17-8-18-21/h6-8,11H,1-5H2,(H2,19,20,22). The Labute approximate surface area is 138 Å². The number of nitrogens with zero attached hydrogens (tertiary/aromatic N) is 3. The number of amides is 2. The summed E-state index contributed by atoms with van der Waals surface area (Å²) in [6.07, 6.45) is 4.12. The zero-order valence-corrected chi connectivity index (χ0v) is 13.1. The fourth-order valence-electron chi connectivity index (χ4n) is 3.11. The molecule has 0 radical (unpaired) electrons. The second-order valence-electron chi connectivity index (χ2n) is 5.67. The number of hydrogen-bond acceptors (Lipinski definition) is 4. The highest BCUT2D eigenvalue weighted by molar-refractivity contribution is 6.31. The van der Waals surface area contributed by atoms with E-state index in [9.17, 15) is 4.79 Å². The van der Waals surface area contributed by atoms with Crippen LogP contribution < -0.4 is 15.4 Å². The van der Waals surface area contributed by atoms with Crippen LogP contribution in [0, 0.1) is 0 Å². The molecule has 2 amide bonds. The Bertz CT molecular complexity index is 760. The van der Waals surface area contributed by atoms with Crippen molar-refractivity contribution >= 4 is 23.3 Å². The van der Waals surface area contributed by atoms with Gasteiger partial charge in [-0.05, 0) is 25.0 Å². The van der Waals surface area contributed by atoms with Crippen molar-refractivity contribution < 1.29 is 9.53 Å². The molecule has 7 nitrogen and oxygen atoms in total. The molecule has 0 saturated carbocycles. The summed E-state index contributed by atoms with van der Waals surface area (Å²) in [5.41, 5.74) is 1.62. The van der Waals surface area contributed by atoms with Gasteiger partial charge >= 0.3 is 6.03 Å². The minimum atomic E-state index is -0.300. The molecule has 0 fully saturated rings. The molecule has 0 bridgehead atoms. The lowest BCUT2D eigenvalue weighted by Crippen LogP contribution is -2.36. The second-order valence-corrected chi connectivity index (χ2v) is 6.11. The Hall–Kier alpha value is -2.28. The van der Waals surface area contributed by atoms with Crippen molar-refractivity contribution in [3.8, 4) is 5.75 Å². The molecule has 0 saturated heterocycles. The highest BCUT2D eigenvalue weighted by Crippen LogP contribution is 2.36. The third-order valence-corrected chi connectivity index (χ3v) is 4.34. The molecule has 4 rings (SSSR count). The molecule has 120 valence electrons. The molecule has 0 spiro atoms. The van der Waals surface area contributed by atoms with Gasteiger partial charge < -0.3 is 15.4 Å². The average molecular weight is 334 g/mol. The molecular formula is C15H16ClN5O2. The van der Waals surface area contributed by atoms with Crippen LogP contribution in [0.25, 0.3) is 0 Å². The summed E-state index contributed by atoms with van der Waals surface area (Å²) in [6, 6.07) is 3.14. The minimum Gasteiger partial charge on any atom is -0.491 e. The predicted molar refractivity (Wildman–Crippen MR) is 84.8 cm³/mol. The SMILES string of the molecule is O=C(Nc1cc(Cl)cc2c1OCC2)NC1CCCn2ncnc21. The first-order chi connectivity index (χ1) is 11.2. The van der Waals surface area contributed by atoms with Gasteiger partial charge in [-0.3, -0.25) is 0 Å². The summed E-state index contributed by atoms with van der Waals surface area (Å²) in [4.78, 5) is 16.6. The van der Waals surface area contributed by atoms with Crippen molar-refractivity contribution in [2.24, 2.45) is 0 Å². The van der Waals surface area contributed by atoms with Crippen LogP contribution in [0.5, 0.6) is 5.75 Å². The molecule has 8 heteroatoms. The van der Waals surface area contributed by atoms with E-state index in [0.717, 1.165) is 37.2 Å². The summed E-state index contributed by atoms with van der Waals surface area (Å²) in [5.74, 6) is 1.50. The molecule has 2 aliphatic rings. The number of aromatic nitrogens is 3. The maximum atomic E-state index is 12.3. The number of hydrogen-bond donors (Lipinski definition) is 2. The number of anilines is 1. The van der Waals surface area contributed by atoms with Crippen LogP contribution in [0.3, 0.4) is 0 Å². The van der Waals surface area contributed by atoms with Crippen molar-refractivity contribution in [3.05, 3.63) is 34.9 Å². The smallest absolute Gasteiger partial charge is 0.319 e. The van der Waals surface area contributed by atoms with Crippen molar-refractivity contribution in [2.75, 3.05) is 11.9 Å². The van der Waals surface area contributed by atoms with E-state index in [1.165, 1.54) is 6.33 Å². The lowest BCUT2D eigenvalue weighted by Gasteiger charge is -2.23. The summed E-state index contributed by atoms with van der Waals surface area (Å²) in [6.45, 7) is 1.45. The number of rotatable bonds is 2. The number of urea groups is 1. The number of nitrogens with one attached hydrogen (secondary N) is 2. The summed E-state index contributed by atoms with van der Waals surface area (Å²) in [7, 11) is 0. The largest absolute Gasteiger partial charge is 0.491 e. The zero-order chi connectivity index (χ0) is 15.8. The fraction of sp³-hybridized carbons (Fsp3) is 0.400. The first kappa shape index (κ1) is 14.3. The summed E-state index contributed by atoms with van der Waals surface area (Å²) >= 11 is 6.11. The number of carbonyl (C=O) groups excluding carboxylic acids is 1. The van der Waals surface area contributed by atoms with Crippen LogP contribution in [0.1, 0.15) is 30.3 Å². The van der Waals surface area contributed by atoms with Gasteiger partial charge in [0, 0.05) is 23.6 Å². The normalized spacial score (nSPS) is 18.7. The molecule has 1 unspecified atom stereocenters. The number of benzene rings is 1. The molecule has 1 aromatic heterocycles. The number of carbonyl (C=O) groups is 1. The monoisotopic (exact) mass is 333 g/mol. The third-order valence-electron chi connectivity index (χ3n) is 4.12. The van der Waals surface area contributed by atoms with Gasteiger partial charge in [0.2, 0.25) is 0 Å². The Kier molecular flexibility index (Phi) is 3.57. The Morgan fingerprint density at radius 1 is 1.43 bits per heavy atom. The van der Waals surface area contributed by atoms with Gasteiger partial charge in [0.05, 0.1) is 18.3 Å². The van der Waals surface area contributed by atoms with Crippen LogP contribution in [0.2, 0.25) is 5.02 Å². The van der Waals surface area contributed by atoms with Crippen molar-refractivity contribution in [3.63, 3.8) is 0 Å². The minimum absolute atomic E-state index is 0.139. The molecule has 2 aliphatic heterocycles. The lowest BCUT2D eigenvalue weighted by molar-refractivity contribution is 0.244. The van der Waals surface area contributed by atoms with E-state index in [4.69, 9.17) is 16.3 Å². The van der Waals surface area contributed by atoms with Gasteiger partial charge in [-0.2, -0.15) is 5.10 Å². The van der Waals surface area contributed by atoms with Crippen molar-refractivity contribution in [1.29, 1.82) is 0 Å². The Morgan fingerprint density at radius 2 is 2.35 bits per heavy atom. The second kappa shape index (κ2) is 5.73. The Morgan fingerprint density at radius 3 is 3.26 bits per heavy atom. The Balaban J connectivity index is 1.50. The van der Waals surface area contributed by atoms with Crippen LogP contribution >= 0.6 is 11.6 Å². The maximum absolute atomic E-state index is 12.3. The number of ether oxygens (including phenoxy) is 1. The topological polar surface area (TPSA) is 81.1 Å². The van der Waals surface area contributed by atoms with Crippen LogP contribution in [-0.4, -0.2) is 27.4 Å². The predicted octanol–water partition coefficient (Wildman–Crippen LogP) is 2.52.